The normalized spacial score (nSPS) is 10.6. The molecule has 0 bridgehead atoms. The maximum Gasteiger partial charge on any atom is 0.263 e. The third-order valence-electron chi connectivity index (χ3n) is 3.37. The van der Waals surface area contributed by atoms with E-state index in [4.69, 9.17) is 11.6 Å². The highest BCUT2D eigenvalue weighted by Gasteiger charge is 2.16. The third kappa shape index (κ3) is 3.55. The largest absolute Gasteiger partial charge is 0.347 e. The first-order chi connectivity index (χ1) is 11.5. The van der Waals surface area contributed by atoms with Gasteiger partial charge in [-0.2, -0.15) is 0 Å². The second-order valence-electron chi connectivity index (χ2n) is 5.13. The van der Waals surface area contributed by atoms with Crippen molar-refractivity contribution in [1.82, 2.24) is 14.9 Å². The summed E-state index contributed by atoms with van der Waals surface area (Å²) in [5.74, 6) is -0.213. The zero-order valence-corrected chi connectivity index (χ0v) is 14.4. The van der Waals surface area contributed by atoms with Gasteiger partial charge < -0.3 is 5.32 Å². The van der Waals surface area contributed by atoms with Crippen LogP contribution in [0.2, 0.25) is 5.02 Å². The van der Waals surface area contributed by atoms with Crippen LogP contribution < -0.4 is 10.9 Å². The predicted octanol–water partition coefficient (Wildman–Crippen LogP) is 3.19. The number of thiazole rings is 1. The van der Waals surface area contributed by atoms with Crippen molar-refractivity contribution >= 4 is 28.8 Å². The zero-order chi connectivity index (χ0) is 17.1. The molecule has 0 atom stereocenters. The molecule has 0 radical (unpaired) electrons. The minimum absolute atomic E-state index is 0.213. The lowest BCUT2D eigenvalue weighted by atomic mass is 10.2. The number of benzene rings is 1. The van der Waals surface area contributed by atoms with Gasteiger partial charge in [-0.3, -0.25) is 14.2 Å². The van der Waals surface area contributed by atoms with Crippen LogP contribution in [0.4, 0.5) is 0 Å². The number of nitrogens with zero attached hydrogens (tertiary/aromatic N) is 2. The summed E-state index contributed by atoms with van der Waals surface area (Å²) in [6.45, 7) is 2.18. The molecular formula is C17H14ClN3O2S. The Bertz CT molecular complexity index is 935. The fraction of sp³-hybridized carbons (Fsp3) is 0.118. The Morgan fingerprint density at radius 3 is 2.75 bits per heavy atom. The van der Waals surface area contributed by atoms with Gasteiger partial charge in [0.1, 0.15) is 4.88 Å². The van der Waals surface area contributed by atoms with E-state index in [0.29, 0.717) is 27.3 Å². The van der Waals surface area contributed by atoms with Crippen molar-refractivity contribution < 1.29 is 4.79 Å². The number of halogens is 1. The molecule has 1 aromatic carbocycles. The van der Waals surface area contributed by atoms with Gasteiger partial charge in [0.2, 0.25) is 0 Å². The van der Waals surface area contributed by atoms with E-state index in [0.717, 1.165) is 16.9 Å². The van der Waals surface area contributed by atoms with Crippen LogP contribution in [0.25, 0.3) is 5.13 Å². The number of rotatable bonds is 4. The molecule has 0 aliphatic carbocycles. The smallest absolute Gasteiger partial charge is 0.263 e. The summed E-state index contributed by atoms with van der Waals surface area (Å²) in [6, 6.07) is 12.5. The van der Waals surface area contributed by atoms with Gasteiger partial charge in [-0.25, -0.2) is 4.98 Å². The minimum Gasteiger partial charge on any atom is -0.347 e. The molecule has 5 nitrogen and oxygen atoms in total. The van der Waals surface area contributed by atoms with Crippen LogP contribution in [0.3, 0.4) is 0 Å². The molecule has 0 fully saturated rings. The van der Waals surface area contributed by atoms with Crippen LogP contribution in [0.15, 0.2) is 53.5 Å². The second kappa shape index (κ2) is 6.98. The number of nitrogens with one attached hydrogen (secondary N) is 1. The van der Waals surface area contributed by atoms with E-state index >= 15 is 0 Å². The number of hydrogen-bond donors (Lipinski definition) is 1. The summed E-state index contributed by atoms with van der Waals surface area (Å²) >= 11 is 7.09. The standard InChI is InChI=1S/C17H14ClN3O2S/c1-11-15(16(23)19-9-12-5-3-2-4-6-12)24-17(20-11)21-10-13(18)7-8-14(21)22/h2-8,10H,9H2,1H3,(H,19,23). The van der Waals surface area contributed by atoms with E-state index in [-0.39, 0.29) is 11.5 Å². The summed E-state index contributed by atoms with van der Waals surface area (Å²) in [4.78, 5) is 29.1. The van der Waals surface area contributed by atoms with E-state index in [1.165, 1.54) is 22.9 Å². The van der Waals surface area contributed by atoms with Gasteiger partial charge in [0.15, 0.2) is 5.13 Å². The molecule has 1 N–H and O–H groups in total. The molecule has 3 aromatic rings. The quantitative estimate of drug-likeness (QED) is 0.778. The van der Waals surface area contributed by atoms with Crippen molar-refractivity contribution in [3.63, 3.8) is 0 Å². The number of pyridine rings is 1. The van der Waals surface area contributed by atoms with Crippen molar-refractivity contribution in [2.75, 3.05) is 0 Å². The summed E-state index contributed by atoms with van der Waals surface area (Å²) in [7, 11) is 0. The van der Waals surface area contributed by atoms with Gasteiger partial charge in [0, 0.05) is 18.8 Å². The second-order valence-corrected chi connectivity index (χ2v) is 6.55. The number of carbonyl (C=O) groups excluding carboxylic acids is 1. The first-order valence-electron chi connectivity index (χ1n) is 7.23. The van der Waals surface area contributed by atoms with Crippen LogP contribution in [-0.2, 0) is 6.54 Å². The number of aromatic nitrogens is 2. The SMILES string of the molecule is Cc1nc(-n2cc(Cl)ccc2=O)sc1C(=O)NCc1ccccc1. The van der Waals surface area contributed by atoms with Crippen molar-refractivity contribution in [3.8, 4) is 5.13 Å². The molecule has 1 amide bonds. The Kier molecular flexibility index (Phi) is 4.78. The minimum atomic E-state index is -0.246. The Hall–Kier alpha value is -2.44. The summed E-state index contributed by atoms with van der Waals surface area (Å²) in [6.07, 6.45) is 1.49. The van der Waals surface area contributed by atoms with Crippen LogP contribution in [0.1, 0.15) is 20.9 Å². The molecule has 2 heterocycles. The molecule has 2 aromatic heterocycles. The molecule has 0 saturated carbocycles. The maximum absolute atomic E-state index is 12.4. The van der Waals surface area contributed by atoms with E-state index in [1.807, 2.05) is 30.3 Å². The predicted molar refractivity (Wildman–Crippen MR) is 95.1 cm³/mol. The van der Waals surface area contributed by atoms with Gasteiger partial charge in [-0.1, -0.05) is 53.3 Å². The monoisotopic (exact) mass is 359 g/mol. The lowest BCUT2D eigenvalue weighted by Crippen LogP contribution is -2.22. The zero-order valence-electron chi connectivity index (χ0n) is 12.8. The lowest BCUT2D eigenvalue weighted by Gasteiger charge is -2.03. The van der Waals surface area contributed by atoms with Crippen LogP contribution in [-0.4, -0.2) is 15.5 Å². The fourth-order valence-electron chi connectivity index (χ4n) is 2.17. The molecule has 7 heteroatoms. The Labute approximate surface area is 147 Å². The van der Waals surface area contributed by atoms with Gasteiger partial charge in [-0.15, -0.1) is 0 Å². The Balaban J connectivity index is 1.82. The molecule has 24 heavy (non-hydrogen) atoms. The van der Waals surface area contributed by atoms with Crippen LogP contribution >= 0.6 is 22.9 Å². The summed E-state index contributed by atoms with van der Waals surface area (Å²) < 4.78 is 1.34. The fourth-order valence-corrected chi connectivity index (χ4v) is 3.29. The molecule has 0 aliphatic rings. The molecule has 122 valence electrons. The Morgan fingerprint density at radius 1 is 1.25 bits per heavy atom. The maximum atomic E-state index is 12.4. The first kappa shape index (κ1) is 16.4. The highest BCUT2D eigenvalue weighted by molar-refractivity contribution is 7.16. The average molecular weight is 360 g/mol. The van der Waals surface area contributed by atoms with E-state index in [1.54, 1.807) is 6.92 Å². The van der Waals surface area contributed by atoms with Gasteiger partial charge in [-0.05, 0) is 18.6 Å². The molecule has 0 saturated heterocycles. The molecule has 0 aliphatic heterocycles. The highest BCUT2D eigenvalue weighted by Crippen LogP contribution is 2.21. The van der Waals surface area contributed by atoms with Crippen molar-refractivity contribution in [1.29, 1.82) is 0 Å². The topological polar surface area (TPSA) is 64.0 Å². The lowest BCUT2D eigenvalue weighted by molar-refractivity contribution is 0.0954. The van der Waals surface area contributed by atoms with Crippen molar-refractivity contribution in [2.45, 2.75) is 13.5 Å². The van der Waals surface area contributed by atoms with Gasteiger partial charge >= 0.3 is 0 Å². The third-order valence-corrected chi connectivity index (χ3v) is 4.75. The first-order valence-corrected chi connectivity index (χ1v) is 8.42. The molecule has 3 rings (SSSR count). The Morgan fingerprint density at radius 2 is 2.00 bits per heavy atom. The number of carbonyl (C=O) groups is 1. The van der Waals surface area contributed by atoms with E-state index in [2.05, 4.69) is 10.3 Å². The highest BCUT2D eigenvalue weighted by atomic mass is 35.5. The van der Waals surface area contributed by atoms with E-state index < -0.39 is 0 Å². The van der Waals surface area contributed by atoms with Crippen molar-refractivity contribution in [3.05, 3.63) is 80.2 Å². The van der Waals surface area contributed by atoms with Crippen molar-refractivity contribution in [2.24, 2.45) is 0 Å². The number of aryl methyl sites for hydroxylation is 1. The number of amides is 1. The van der Waals surface area contributed by atoms with Crippen LogP contribution in [0, 0.1) is 6.92 Å². The summed E-state index contributed by atoms with van der Waals surface area (Å²) in [5, 5.41) is 3.71. The molecular weight excluding hydrogens is 346 g/mol. The molecule has 0 spiro atoms. The van der Waals surface area contributed by atoms with Gasteiger partial charge in [0.25, 0.3) is 11.5 Å². The van der Waals surface area contributed by atoms with Crippen LogP contribution in [0.5, 0.6) is 0 Å². The number of hydrogen-bond acceptors (Lipinski definition) is 4. The summed E-state index contributed by atoms with van der Waals surface area (Å²) in [5.41, 5.74) is 1.34. The average Bonchev–Trinajstić information content (AvgIpc) is 2.97. The molecule has 0 unspecified atom stereocenters. The van der Waals surface area contributed by atoms with E-state index in [9.17, 15) is 9.59 Å². The van der Waals surface area contributed by atoms with Gasteiger partial charge in [0.05, 0.1) is 10.7 Å².